The van der Waals surface area contributed by atoms with Gasteiger partial charge in [-0.25, -0.2) is 4.79 Å². The summed E-state index contributed by atoms with van der Waals surface area (Å²) in [5.74, 6) is 0.428. The lowest BCUT2D eigenvalue weighted by Gasteiger charge is -2.21. The fraction of sp³-hybridized carbons (Fsp3) is 0.552. The van der Waals surface area contributed by atoms with Crippen molar-refractivity contribution in [3.05, 3.63) is 65.2 Å². The average Bonchev–Trinajstić information content (AvgIpc) is 2.90. The predicted octanol–water partition coefficient (Wildman–Crippen LogP) is 3.39. The molecule has 0 spiro atoms. The Labute approximate surface area is 226 Å². The van der Waals surface area contributed by atoms with Crippen molar-refractivity contribution in [2.45, 2.75) is 32.9 Å². The van der Waals surface area contributed by atoms with Gasteiger partial charge >= 0.3 is 5.97 Å². The quantitative estimate of drug-likeness (QED) is 0.191. The number of carbonyl (C=O) groups excluding carboxylic acids is 1. The highest BCUT2D eigenvalue weighted by atomic mass is 16.6. The summed E-state index contributed by atoms with van der Waals surface area (Å²) in [5, 5.41) is 0. The number of aryl methyl sites for hydroxylation is 1. The van der Waals surface area contributed by atoms with Crippen molar-refractivity contribution in [1.29, 1.82) is 0 Å². The standard InChI is InChI=1S/C29H43NO8/c1-24-9-10-26(29(2,3)30)21-27(24)37-20-19-35-16-15-33-12-11-32-13-14-34-17-18-36-23-28(31)38-22-25-7-5-4-6-8-25/h4-10,21H,11-20,22-23,30H2,1-3H3. The van der Waals surface area contributed by atoms with Gasteiger partial charge in [0, 0.05) is 5.54 Å². The monoisotopic (exact) mass is 533 g/mol. The van der Waals surface area contributed by atoms with Crippen LogP contribution in [0.15, 0.2) is 48.5 Å². The van der Waals surface area contributed by atoms with E-state index in [1.165, 1.54) is 0 Å². The molecule has 0 fully saturated rings. The summed E-state index contributed by atoms with van der Waals surface area (Å²) in [7, 11) is 0. The second-order valence-corrected chi connectivity index (χ2v) is 9.20. The molecule has 38 heavy (non-hydrogen) atoms. The lowest BCUT2D eigenvalue weighted by atomic mass is 9.94. The summed E-state index contributed by atoms with van der Waals surface area (Å²) >= 11 is 0. The highest BCUT2D eigenvalue weighted by Crippen LogP contribution is 2.25. The van der Waals surface area contributed by atoms with Crippen molar-refractivity contribution < 1.29 is 38.0 Å². The summed E-state index contributed by atoms with van der Waals surface area (Å²) in [6.07, 6.45) is 0. The number of nitrogens with two attached hydrogens (primary N) is 1. The number of carbonyl (C=O) groups is 1. The van der Waals surface area contributed by atoms with Crippen LogP contribution in [0, 0.1) is 6.92 Å². The van der Waals surface area contributed by atoms with Crippen LogP contribution in [0.3, 0.4) is 0 Å². The van der Waals surface area contributed by atoms with Crippen molar-refractivity contribution in [3.8, 4) is 5.75 Å². The molecule has 0 aliphatic rings. The Morgan fingerprint density at radius 2 is 1.26 bits per heavy atom. The minimum absolute atomic E-state index is 0.0956. The van der Waals surface area contributed by atoms with Crippen LogP contribution in [0.25, 0.3) is 0 Å². The summed E-state index contributed by atoms with van der Waals surface area (Å²) in [6.45, 7) is 10.6. The van der Waals surface area contributed by atoms with Gasteiger partial charge in [0.2, 0.25) is 0 Å². The lowest BCUT2D eigenvalue weighted by molar-refractivity contribution is -0.150. The molecule has 2 rings (SSSR count). The molecular formula is C29H43NO8. The first kappa shape index (κ1) is 31.7. The third kappa shape index (κ3) is 14.4. The molecule has 212 valence electrons. The van der Waals surface area contributed by atoms with Crippen LogP contribution in [0.4, 0.5) is 0 Å². The van der Waals surface area contributed by atoms with E-state index >= 15 is 0 Å². The number of esters is 1. The minimum atomic E-state index is -0.410. The van der Waals surface area contributed by atoms with Crippen molar-refractivity contribution in [2.24, 2.45) is 5.73 Å². The van der Waals surface area contributed by atoms with Crippen molar-refractivity contribution >= 4 is 5.97 Å². The molecule has 0 saturated carbocycles. The van der Waals surface area contributed by atoms with Crippen LogP contribution in [0.1, 0.15) is 30.5 Å². The van der Waals surface area contributed by atoms with Crippen LogP contribution in [-0.2, 0) is 45.4 Å². The summed E-state index contributed by atoms with van der Waals surface area (Å²) in [5.41, 5.74) is 8.80. The van der Waals surface area contributed by atoms with E-state index in [0.717, 1.165) is 22.4 Å². The van der Waals surface area contributed by atoms with Crippen molar-refractivity contribution in [2.75, 3.05) is 72.7 Å². The van der Waals surface area contributed by atoms with Gasteiger partial charge in [0.15, 0.2) is 0 Å². The zero-order chi connectivity index (χ0) is 27.5. The van der Waals surface area contributed by atoms with Gasteiger partial charge in [0.05, 0.1) is 59.5 Å². The van der Waals surface area contributed by atoms with E-state index in [9.17, 15) is 4.79 Å². The highest BCUT2D eigenvalue weighted by Gasteiger charge is 2.15. The molecule has 2 N–H and O–H groups in total. The third-order valence-electron chi connectivity index (χ3n) is 5.37. The summed E-state index contributed by atoms with van der Waals surface area (Å²) in [6, 6.07) is 15.5. The zero-order valence-electron chi connectivity index (χ0n) is 22.9. The number of hydrogen-bond acceptors (Lipinski definition) is 9. The van der Waals surface area contributed by atoms with Gasteiger partial charge in [-0.1, -0.05) is 42.5 Å². The van der Waals surface area contributed by atoms with E-state index < -0.39 is 11.5 Å². The Hall–Kier alpha value is -2.53. The maximum absolute atomic E-state index is 11.6. The molecular weight excluding hydrogens is 490 g/mol. The Kier molecular flexibility index (Phi) is 15.6. The van der Waals surface area contributed by atoms with Gasteiger partial charge in [-0.05, 0) is 43.5 Å². The van der Waals surface area contributed by atoms with Crippen LogP contribution in [0.2, 0.25) is 0 Å². The van der Waals surface area contributed by atoms with E-state index in [1.54, 1.807) is 0 Å². The molecule has 2 aromatic carbocycles. The Morgan fingerprint density at radius 3 is 1.82 bits per heavy atom. The van der Waals surface area contributed by atoms with Crippen LogP contribution < -0.4 is 10.5 Å². The number of benzene rings is 2. The molecule has 0 saturated heterocycles. The number of hydrogen-bond donors (Lipinski definition) is 1. The SMILES string of the molecule is Cc1ccc(C(C)(C)N)cc1OCCOCCOCCOCCOCCOCC(=O)OCc1ccccc1. The van der Waals surface area contributed by atoms with Gasteiger partial charge in [0.1, 0.15) is 25.6 Å². The molecule has 0 heterocycles. The van der Waals surface area contributed by atoms with E-state index in [-0.39, 0.29) is 13.2 Å². The number of ether oxygens (including phenoxy) is 7. The molecule has 2 aromatic rings. The normalized spacial score (nSPS) is 11.5. The fourth-order valence-electron chi connectivity index (χ4n) is 3.18. The molecule has 0 aromatic heterocycles. The van der Waals surface area contributed by atoms with E-state index in [2.05, 4.69) is 0 Å². The molecule has 0 bridgehead atoms. The molecule has 9 nitrogen and oxygen atoms in total. The largest absolute Gasteiger partial charge is 0.491 e. The average molecular weight is 534 g/mol. The smallest absolute Gasteiger partial charge is 0.332 e. The maximum atomic E-state index is 11.6. The first-order chi connectivity index (χ1) is 18.4. The van der Waals surface area contributed by atoms with Gasteiger partial charge in [0.25, 0.3) is 0 Å². The van der Waals surface area contributed by atoms with Gasteiger partial charge in [-0.2, -0.15) is 0 Å². The van der Waals surface area contributed by atoms with Crippen LogP contribution in [-0.4, -0.2) is 78.6 Å². The van der Waals surface area contributed by atoms with Crippen LogP contribution in [0.5, 0.6) is 5.75 Å². The first-order valence-corrected chi connectivity index (χ1v) is 13.0. The Balaban J connectivity index is 1.32. The van der Waals surface area contributed by atoms with Crippen molar-refractivity contribution in [1.82, 2.24) is 0 Å². The van der Waals surface area contributed by atoms with Gasteiger partial charge in [-0.15, -0.1) is 0 Å². The van der Waals surface area contributed by atoms with E-state index in [1.807, 2.05) is 69.3 Å². The minimum Gasteiger partial charge on any atom is -0.491 e. The van der Waals surface area contributed by atoms with Gasteiger partial charge in [-0.3, -0.25) is 0 Å². The maximum Gasteiger partial charge on any atom is 0.332 e. The predicted molar refractivity (Wildman–Crippen MR) is 144 cm³/mol. The molecule has 0 aliphatic heterocycles. The molecule has 9 heteroatoms. The lowest BCUT2D eigenvalue weighted by Crippen LogP contribution is -2.28. The Morgan fingerprint density at radius 1 is 0.737 bits per heavy atom. The van der Waals surface area contributed by atoms with E-state index in [0.29, 0.717) is 66.1 Å². The molecule has 0 aliphatic carbocycles. The highest BCUT2D eigenvalue weighted by molar-refractivity contribution is 5.70. The topological polar surface area (TPSA) is 108 Å². The second-order valence-electron chi connectivity index (χ2n) is 9.20. The second kappa shape index (κ2) is 18.7. The molecule has 0 unspecified atom stereocenters. The first-order valence-electron chi connectivity index (χ1n) is 13.0. The molecule has 0 atom stereocenters. The van der Waals surface area contributed by atoms with Crippen molar-refractivity contribution in [3.63, 3.8) is 0 Å². The summed E-state index contributed by atoms with van der Waals surface area (Å²) in [4.78, 5) is 11.6. The Bertz CT molecular complexity index is 901. The summed E-state index contributed by atoms with van der Waals surface area (Å²) < 4.78 is 38.1. The molecule has 0 radical (unpaired) electrons. The fourth-order valence-corrected chi connectivity index (χ4v) is 3.18. The third-order valence-corrected chi connectivity index (χ3v) is 5.37. The van der Waals surface area contributed by atoms with Crippen LogP contribution >= 0.6 is 0 Å². The van der Waals surface area contributed by atoms with E-state index in [4.69, 9.17) is 38.9 Å². The van der Waals surface area contributed by atoms with Gasteiger partial charge < -0.3 is 38.9 Å². The zero-order valence-corrected chi connectivity index (χ0v) is 22.9. The number of rotatable bonds is 21. The molecule has 0 amide bonds.